The normalized spacial score (nSPS) is 13.6. The molecule has 8 nitrogen and oxygen atoms in total. The van der Waals surface area contributed by atoms with Gasteiger partial charge in [-0.1, -0.05) is 0 Å². The van der Waals surface area contributed by atoms with Crippen molar-refractivity contribution < 1.29 is 32.5 Å². The fourth-order valence-corrected chi connectivity index (χ4v) is 10.1. The van der Waals surface area contributed by atoms with E-state index in [-0.39, 0.29) is 0 Å². The Balaban J connectivity index is 0.000000186. The molecule has 5 aromatic rings. The van der Waals surface area contributed by atoms with Crippen molar-refractivity contribution in [3.63, 3.8) is 0 Å². The molecular weight excluding hydrogens is 881 g/mol. The van der Waals surface area contributed by atoms with Crippen molar-refractivity contribution in [3.8, 4) is 23.0 Å². The molecule has 2 aliphatic rings. The molecule has 7 rings (SSSR count). The summed E-state index contributed by atoms with van der Waals surface area (Å²) in [4.78, 5) is 9.36. The van der Waals surface area contributed by atoms with Gasteiger partial charge in [0, 0.05) is 48.9 Å². The van der Waals surface area contributed by atoms with Crippen molar-refractivity contribution in [1.29, 1.82) is 0 Å². The third-order valence-electron chi connectivity index (χ3n) is 10.7. The Morgan fingerprint density at radius 2 is 0.667 bits per heavy atom. The monoisotopic (exact) mass is 940 g/mol. The second-order valence-electron chi connectivity index (χ2n) is 15.2. The molecule has 0 amide bonds. The van der Waals surface area contributed by atoms with E-state index < -0.39 is 13.5 Å². The molecule has 2 fully saturated rings. The number of hydrogen-bond acceptors (Lipinski definition) is 8. The fraction of sp³-hybridized carbons (Fsp3) is 0.327. The van der Waals surface area contributed by atoms with Gasteiger partial charge in [-0.15, -0.1) is 0 Å². The third-order valence-corrected chi connectivity index (χ3v) is 12.5. The summed E-state index contributed by atoms with van der Waals surface area (Å²) in [7, 11) is 18.2. The summed E-state index contributed by atoms with van der Waals surface area (Å²) in [5, 5.41) is 0. The van der Waals surface area contributed by atoms with Gasteiger partial charge >= 0.3 is 73.4 Å². The molecule has 2 heterocycles. The number of aryl methyl sites for hydroxylation is 8. The molecule has 0 atom stereocenters. The maximum absolute atomic E-state index is 5.67. The first-order chi connectivity index (χ1) is 28.7. The standard InChI is InChI=1S/2C21H27N2O2.C7H6.2ClH.Ru/c2*1-14-9-18(24-5)10-15(2)20(14)22-7-8-23(13-22)21-16(3)11-19(25-6)12-17(21)4;1-7-5-3-2-4-6-7;;;/h2*9-13H,7-8H2,1-6H3;1-6H;2*1H;/q2*-1;;;;+2/p-2. The van der Waals surface area contributed by atoms with Crippen LogP contribution in [0.15, 0.2) is 78.9 Å². The molecule has 0 saturated carbocycles. The zero-order valence-electron chi connectivity index (χ0n) is 37.1. The second-order valence-corrected chi connectivity index (χ2v) is 20.9. The van der Waals surface area contributed by atoms with Crippen LogP contribution in [0.5, 0.6) is 23.0 Å². The van der Waals surface area contributed by atoms with E-state index in [1.807, 2.05) is 34.9 Å². The van der Waals surface area contributed by atoms with E-state index in [9.17, 15) is 0 Å². The molecule has 0 unspecified atom stereocenters. The summed E-state index contributed by atoms with van der Waals surface area (Å²) >= 11 is -1.61. The first-order valence-electron chi connectivity index (χ1n) is 19.9. The van der Waals surface area contributed by atoms with E-state index in [1.165, 1.54) is 67.3 Å². The Hall–Kier alpha value is -4.43. The van der Waals surface area contributed by atoms with Crippen LogP contribution < -0.4 is 38.5 Å². The van der Waals surface area contributed by atoms with Crippen LogP contribution in [0.2, 0.25) is 0 Å². The van der Waals surface area contributed by atoms with Crippen LogP contribution in [0.3, 0.4) is 0 Å². The number of hydrogen-bond donors (Lipinski definition) is 0. The molecule has 0 bridgehead atoms. The van der Waals surface area contributed by atoms with Crippen LogP contribution in [0.4, 0.5) is 22.7 Å². The Kier molecular flexibility index (Phi) is 16.6. The van der Waals surface area contributed by atoms with Crippen LogP contribution in [0.1, 0.15) is 50.1 Å². The Morgan fingerprint density at radius 3 is 0.867 bits per heavy atom. The van der Waals surface area contributed by atoms with Crippen molar-refractivity contribution in [2.45, 2.75) is 55.4 Å². The van der Waals surface area contributed by atoms with Crippen LogP contribution in [-0.2, 0) is 13.5 Å². The molecule has 0 radical (unpaired) electrons. The third kappa shape index (κ3) is 11.5. The van der Waals surface area contributed by atoms with Crippen LogP contribution in [0.25, 0.3) is 0 Å². The van der Waals surface area contributed by atoms with Crippen LogP contribution in [-0.4, -0.2) is 59.2 Å². The number of ether oxygens (including phenoxy) is 4. The SMILES string of the molecule is COc1cc(C)c(N2[CH-]N(c3c(C)cc(OC)cc3C)CC2)c(C)c1.COc1cc(C)c(N2[CH-]N(c3c(C)cc(OC)cc3C)CC2)c(C)c1.[Cl][Ru]([Cl])=[CH]c1ccccc1. The predicted octanol–water partition coefficient (Wildman–Crippen LogP) is 11.5. The van der Waals surface area contributed by atoms with Gasteiger partial charge in [-0.3, -0.25) is 0 Å². The summed E-state index contributed by atoms with van der Waals surface area (Å²) in [5.74, 6) is 3.65. The molecule has 0 spiro atoms. The molecule has 0 aliphatic carbocycles. The van der Waals surface area contributed by atoms with Gasteiger partial charge in [0.05, 0.1) is 28.4 Å². The van der Waals surface area contributed by atoms with Gasteiger partial charge in [0.15, 0.2) is 0 Å². The quantitative estimate of drug-likeness (QED) is 0.107. The zero-order chi connectivity index (χ0) is 43.7. The van der Waals surface area contributed by atoms with Gasteiger partial charge in [0.2, 0.25) is 0 Å². The Morgan fingerprint density at radius 1 is 0.433 bits per heavy atom. The number of nitrogens with zero attached hydrogens (tertiary/aromatic N) is 4. The Bertz CT molecular complexity index is 1930. The van der Waals surface area contributed by atoms with E-state index in [0.29, 0.717) is 0 Å². The molecule has 2 saturated heterocycles. The molecule has 0 aromatic heterocycles. The predicted molar refractivity (Wildman–Crippen MR) is 251 cm³/mol. The van der Waals surface area contributed by atoms with Crippen LogP contribution in [0, 0.1) is 68.7 Å². The van der Waals surface area contributed by atoms with Crippen molar-refractivity contribution in [2.24, 2.45) is 0 Å². The summed E-state index contributed by atoms with van der Waals surface area (Å²) in [5.41, 5.74) is 16.1. The minimum atomic E-state index is -1.61. The van der Waals surface area contributed by atoms with Gasteiger partial charge in [0.1, 0.15) is 23.0 Å². The second kappa shape index (κ2) is 21.4. The van der Waals surface area contributed by atoms with Crippen molar-refractivity contribution in [3.05, 3.63) is 142 Å². The topological polar surface area (TPSA) is 49.9 Å². The molecular formula is C49H60Cl2N4O4Ru-2. The average Bonchev–Trinajstić information content (AvgIpc) is 3.88. The van der Waals surface area contributed by atoms with Crippen molar-refractivity contribution >= 4 is 46.7 Å². The first-order valence-corrected chi connectivity index (χ1v) is 25.4. The van der Waals surface area contributed by atoms with Gasteiger partial charge < -0.3 is 38.5 Å². The van der Waals surface area contributed by atoms with Gasteiger partial charge in [-0.2, -0.15) is 13.3 Å². The summed E-state index contributed by atoms with van der Waals surface area (Å²) in [6, 6.07) is 26.7. The number of anilines is 4. The molecule has 0 N–H and O–H groups in total. The van der Waals surface area contributed by atoms with E-state index in [0.717, 1.165) is 54.7 Å². The van der Waals surface area contributed by atoms with Crippen molar-refractivity contribution in [2.75, 3.05) is 74.2 Å². The van der Waals surface area contributed by atoms with E-state index in [2.05, 4.69) is 137 Å². The molecule has 324 valence electrons. The number of methoxy groups -OCH3 is 4. The van der Waals surface area contributed by atoms with E-state index in [4.69, 9.17) is 38.3 Å². The fourth-order valence-electron chi connectivity index (χ4n) is 8.23. The summed E-state index contributed by atoms with van der Waals surface area (Å²) < 4.78 is 23.5. The molecule has 2 aliphatic heterocycles. The molecule has 5 aromatic carbocycles. The van der Waals surface area contributed by atoms with Crippen molar-refractivity contribution in [1.82, 2.24) is 0 Å². The van der Waals surface area contributed by atoms with Gasteiger partial charge in [-0.25, -0.2) is 0 Å². The maximum atomic E-state index is 5.67. The number of benzene rings is 5. The van der Waals surface area contributed by atoms with Crippen LogP contribution >= 0.6 is 19.4 Å². The summed E-state index contributed by atoms with van der Waals surface area (Å²) in [6.45, 7) is 25.5. The zero-order valence-corrected chi connectivity index (χ0v) is 40.3. The van der Waals surface area contributed by atoms with Gasteiger partial charge in [0.25, 0.3) is 0 Å². The first kappa shape index (κ1) is 46.6. The van der Waals surface area contributed by atoms with Gasteiger partial charge in [-0.05, 0) is 148 Å². The number of rotatable bonds is 9. The van der Waals surface area contributed by atoms with E-state index in [1.54, 1.807) is 28.4 Å². The average molecular weight is 941 g/mol. The Labute approximate surface area is 372 Å². The van der Waals surface area contributed by atoms with E-state index >= 15 is 0 Å². The molecule has 60 heavy (non-hydrogen) atoms. The number of halogens is 2. The molecule has 11 heteroatoms. The minimum absolute atomic E-state index is 0.914. The summed E-state index contributed by atoms with van der Waals surface area (Å²) in [6.07, 6.45) is 0.